The molecular weight excluding hydrogens is 264 g/mol. The standard InChI is InChI=1S/C17H16N2O2/c1-18-17(20)15-13-5-3-4-6-14(13)19-16(15)11-7-9-12(21-2)10-8-11/h3-10,19H,1-2H3,(H,18,20). The maximum Gasteiger partial charge on any atom is 0.253 e. The van der Waals surface area contributed by atoms with Crippen LogP contribution in [0.25, 0.3) is 22.2 Å². The molecule has 2 N–H and O–H groups in total. The van der Waals surface area contributed by atoms with Gasteiger partial charge >= 0.3 is 0 Å². The van der Waals surface area contributed by atoms with Crippen molar-refractivity contribution in [1.29, 1.82) is 0 Å². The first-order chi connectivity index (χ1) is 10.2. The van der Waals surface area contributed by atoms with E-state index >= 15 is 0 Å². The van der Waals surface area contributed by atoms with E-state index in [4.69, 9.17) is 4.74 Å². The first kappa shape index (κ1) is 13.2. The van der Waals surface area contributed by atoms with Crippen molar-refractivity contribution < 1.29 is 9.53 Å². The Morgan fingerprint density at radius 3 is 2.48 bits per heavy atom. The van der Waals surface area contributed by atoms with E-state index in [9.17, 15) is 4.79 Å². The summed E-state index contributed by atoms with van der Waals surface area (Å²) in [6.07, 6.45) is 0. The fourth-order valence-electron chi connectivity index (χ4n) is 2.48. The van der Waals surface area contributed by atoms with Crippen LogP contribution >= 0.6 is 0 Å². The Morgan fingerprint density at radius 1 is 1.10 bits per heavy atom. The molecule has 0 unspecified atom stereocenters. The molecule has 3 aromatic rings. The van der Waals surface area contributed by atoms with Gasteiger partial charge in [0.1, 0.15) is 5.75 Å². The van der Waals surface area contributed by atoms with Crippen LogP contribution in [-0.2, 0) is 0 Å². The summed E-state index contributed by atoms with van der Waals surface area (Å²) in [6, 6.07) is 15.4. The van der Waals surface area contributed by atoms with E-state index in [1.165, 1.54) is 0 Å². The summed E-state index contributed by atoms with van der Waals surface area (Å²) in [5.74, 6) is 0.689. The highest BCUT2D eigenvalue weighted by atomic mass is 16.5. The minimum absolute atomic E-state index is 0.0988. The third-order valence-electron chi connectivity index (χ3n) is 3.54. The maximum absolute atomic E-state index is 12.2. The van der Waals surface area contributed by atoms with Crippen LogP contribution in [0.1, 0.15) is 10.4 Å². The lowest BCUT2D eigenvalue weighted by Gasteiger charge is -2.05. The molecule has 21 heavy (non-hydrogen) atoms. The summed E-state index contributed by atoms with van der Waals surface area (Å²) >= 11 is 0. The number of methoxy groups -OCH3 is 1. The smallest absolute Gasteiger partial charge is 0.253 e. The molecule has 1 heterocycles. The van der Waals surface area contributed by atoms with Crippen LogP contribution in [-0.4, -0.2) is 25.0 Å². The Labute approximate surface area is 122 Å². The fourth-order valence-corrected chi connectivity index (χ4v) is 2.48. The molecule has 4 heteroatoms. The van der Waals surface area contributed by atoms with Crippen molar-refractivity contribution >= 4 is 16.8 Å². The second kappa shape index (κ2) is 5.32. The molecule has 0 radical (unpaired) electrons. The van der Waals surface area contributed by atoms with Crippen molar-refractivity contribution in [3.63, 3.8) is 0 Å². The number of aromatic amines is 1. The quantitative estimate of drug-likeness (QED) is 0.774. The number of H-pyrrole nitrogens is 1. The van der Waals surface area contributed by atoms with Crippen LogP contribution in [0.2, 0.25) is 0 Å². The molecule has 0 fully saturated rings. The van der Waals surface area contributed by atoms with Crippen LogP contribution in [0.3, 0.4) is 0 Å². The molecule has 0 saturated heterocycles. The third kappa shape index (κ3) is 2.25. The fraction of sp³-hybridized carbons (Fsp3) is 0.118. The molecule has 2 aromatic carbocycles. The number of aromatic nitrogens is 1. The normalized spacial score (nSPS) is 10.6. The number of fused-ring (bicyclic) bond motifs is 1. The zero-order chi connectivity index (χ0) is 14.8. The number of para-hydroxylation sites is 1. The lowest BCUT2D eigenvalue weighted by atomic mass is 10.0. The van der Waals surface area contributed by atoms with E-state index in [0.29, 0.717) is 5.56 Å². The molecule has 0 aliphatic carbocycles. The van der Waals surface area contributed by atoms with Gasteiger partial charge in [0.25, 0.3) is 5.91 Å². The van der Waals surface area contributed by atoms with Crippen LogP contribution in [0, 0.1) is 0 Å². The first-order valence-corrected chi connectivity index (χ1v) is 6.72. The average molecular weight is 280 g/mol. The van der Waals surface area contributed by atoms with Crippen molar-refractivity contribution in [3.8, 4) is 17.0 Å². The van der Waals surface area contributed by atoms with Gasteiger partial charge in [0.05, 0.1) is 18.4 Å². The lowest BCUT2D eigenvalue weighted by Crippen LogP contribution is -2.18. The summed E-state index contributed by atoms with van der Waals surface area (Å²) in [6.45, 7) is 0. The van der Waals surface area contributed by atoms with Gasteiger partial charge in [0, 0.05) is 18.0 Å². The predicted octanol–water partition coefficient (Wildman–Crippen LogP) is 3.20. The number of carbonyl (C=O) groups is 1. The zero-order valence-corrected chi connectivity index (χ0v) is 11.9. The van der Waals surface area contributed by atoms with Gasteiger partial charge in [0.2, 0.25) is 0 Å². The van der Waals surface area contributed by atoms with Gasteiger partial charge in [0.15, 0.2) is 0 Å². The van der Waals surface area contributed by atoms with Crippen molar-refractivity contribution in [2.45, 2.75) is 0 Å². The van der Waals surface area contributed by atoms with Gasteiger partial charge in [-0.3, -0.25) is 4.79 Å². The molecule has 3 rings (SSSR count). The molecule has 106 valence electrons. The number of benzene rings is 2. The monoisotopic (exact) mass is 280 g/mol. The van der Waals surface area contributed by atoms with Gasteiger partial charge in [-0.1, -0.05) is 18.2 Å². The maximum atomic E-state index is 12.2. The number of hydrogen-bond acceptors (Lipinski definition) is 2. The SMILES string of the molecule is CNC(=O)c1c(-c2ccc(OC)cc2)[nH]c2ccccc12. The molecule has 1 amide bonds. The number of nitrogens with one attached hydrogen (secondary N) is 2. The van der Waals surface area contributed by atoms with Crippen molar-refractivity contribution in [2.75, 3.05) is 14.2 Å². The summed E-state index contributed by atoms with van der Waals surface area (Å²) in [5.41, 5.74) is 3.38. The Bertz CT molecular complexity index is 788. The van der Waals surface area contributed by atoms with E-state index in [1.54, 1.807) is 14.2 Å². The second-order valence-corrected chi connectivity index (χ2v) is 4.73. The summed E-state index contributed by atoms with van der Waals surface area (Å²) in [7, 11) is 3.27. The lowest BCUT2D eigenvalue weighted by molar-refractivity contribution is 0.0965. The zero-order valence-electron chi connectivity index (χ0n) is 11.9. The molecule has 0 bridgehead atoms. The molecule has 0 aliphatic heterocycles. The van der Waals surface area contributed by atoms with Gasteiger partial charge in [-0.25, -0.2) is 0 Å². The van der Waals surface area contributed by atoms with E-state index in [1.807, 2.05) is 48.5 Å². The summed E-state index contributed by atoms with van der Waals surface area (Å²) in [5, 5.41) is 3.63. The molecule has 0 atom stereocenters. The molecule has 0 saturated carbocycles. The van der Waals surface area contributed by atoms with Crippen LogP contribution < -0.4 is 10.1 Å². The van der Waals surface area contributed by atoms with Gasteiger partial charge in [-0.05, 0) is 35.9 Å². The average Bonchev–Trinajstić information content (AvgIpc) is 2.93. The topological polar surface area (TPSA) is 54.1 Å². The Balaban J connectivity index is 2.22. The number of carbonyl (C=O) groups excluding carboxylic acids is 1. The molecule has 4 nitrogen and oxygen atoms in total. The summed E-state index contributed by atoms with van der Waals surface area (Å²) in [4.78, 5) is 15.6. The van der Waals surface area contributed by atoms with Gasteiger partial charge < -0.3 is 15.0 Å². The van der Waals surface area contributed by atoms with Crippen molar-refractivity contribution in [1.82, 2.24) is 10.3 Å². The van der Waals surface area contributed by atoms with E-state index in [2.05, 4.69) is 10.3 Å². The largest absolute Gasteiger partial charge is 0.497 e. The predicted molar refractivity (Wildman–Crippen MR) is 83.7 cm³/mol. The van der Waals surface area contributed by atoms with Crippen LogP contribution in [0.15, 0.2) is 48.5 Å². The highest BCUT2D eigenvalue weighted by molar-refractivity contribution is 6.12. The van der Waals surface area contributed by atoms with Crippen LogP contribution in [0.5, 0.6) is 5.75 Å². The van der Waals surface area contributed by atoms with Gasteiger partial charge in [-0.15, -0.1) is 0 Å². The van der Waals surface area contributed by atoms with Gasteiger partial charge in [-0.2, -0.15) is 0 Å². The number of amides is 1. The number of hydrogen-bond donors (Lipinski definition) is 2. The molecular formula is C17H16N2O2. The molecule has 0 spiro atoms. The minimum Gasteiger partial charge on any atom is -0.497 e. The number of ether oxygens (including phenoxy) is 1. The Morgan fingerprint density at radius 2 is 1.81 bits per heavy atom. The van der Waals surface area contributed by atoms with Crippen molar-refractivity contribution in [3.05, 3.63) is 54.1 Å². The summed E-state index contributed by atoms with van der Waals surface area (Å²) < 4.78 is 5.17. The minimum atomic E-state index is -0.0988. The first-order valence-electron chi connectivity index (χ1n) is 6.72. The highest BCUT2D eigenvalue weighted by Gasteiger charge is 2.18. The number of rotatable bonds is 3. The Hall–Kier alpha value is -2.75. The second-order valence-electron chi connectivity index (χ2n) is 4.73. The van der Waals surface area contributed by atoms with Crippen molar-refractivity contribution in [2.24, 2.45) is 0 Å². The Kier molecular flexibility index (Phi) is 3.36. The van der Waals surface area contributed by atoms with E-state index in [-0.39, 0.29) is 5.91 Å². The van der Waals surface area contributed by atoms with E-state index < -0.39 is 0 Å². The highest BCUT2D eigenvalue weighted by Crippen LogP contribution is 2.31. The molecule has 1 aromatic heterocycles. The van der Waals surface area contributed by atoms with E-state index in [0.717, 1.165) is 27.9 Å². The molecule has 0 aliphatic rings. The third-order valence-corrected chi connectivity index (χ3v) is 3.54. The van der Waals surface area contributed by atoms with Crippen LogP contribution in [0.4, 0.5) is 0 Å².